The topological polar surface area (TPSA) is 107 Å². The molecule has 1 aliphatic carbocycles. The molecule has 2 unspecified atom stereocenters. The lowest BCUT2D eigenvalue weighted by Gasteiger charge is -2.24. The third-order valence-corrected chi connectivity index (χ3v) is 4.65. The summed E-state index contributed by atoms with van der Waals surface area (Å²) >= 11 is 3.19. The normalized spacial score (nSPS) is 24.8. The fraction of sp³-hybridized carbons (Fsp3) is 0.462. The molecule has 0 spiro atoms. The summed E-state index contributed by atoms with van der Waals surface area (Å²) in [6, 6.07) is 4.61. The number of nitrogens with zero attached hydrogens (tertiary/aromatic N) is 1. The summed E-state index contributed by atoms with van der Waals surface area (Å²) < 4.78 is 6.11. The molecule has 7 nitrogen and oxygen atoms in total. The van der Waals surface area contributed by atoms with E-state index in [0.29, 0.717) is 29.5 Å². The largest absolute Gasteiger partial charge is 0.489 e. The molecule has 0 radical (unpaired) electrons. The van der Waals surface area contributed by atoms with Gasteiger partial charge in [-0.1, -0.05) is 6.07 Å². The van der Waals surface area contributed by atoms with E-state index < -0.39 is 16.4 Å². The lowest BCUT2D eigenvalue weighted by atomic mass is 9.97. The first-order valence-electron chi connectivity index (χ1n) is 6.48. The molecule has 1 aliphatic rings. The first kappa shape index (κ1) is 15.7. The van der Waals surface area contributed by atoms with Crippen LogP contribution in [0, 0.1) is 10.1 Å². The van der Waals surface area contributed by atoms with Crippen LogP contribution in [0.15, 0.2) is 22.7 Å². The van der Waals surface area contributed by atoms with Gasteiger partial charge in [-0.2, -0.15) is 0 Å². The first-order valence-corrected chi connectivity index (χ1v) is 7.27. The van der Waals surface area contributed by atoms with E-state index in [0.717, 1.165) is 0 Å². The number of nitrogens with one attached hydrogen (secondary N) is 1. The van der Waals surface area contributed by atoms with Crippen LogP contribution in [0.3, 0.4) is 0 Å². The van der Waals surface area contributed by atoms with E-state index in [1.54, 1.807) is 19.2 Å². The van der Waals surface area contributed by atoms with Gasteiger partial charge in [-0.3, -0.25) is 14.9 Å². The fourth-order valence-corrected chi connectivity index (χ4v) is 3.09. The second-order valence-corrected chi connectivity index (χ2v) is 5.82. The molecule has 21 heavy (non-hydrogen) atoms. The van der Waals surface area contributed by atoms with E-state index >= 15 is 0 Å². The van der Waals surface area contributed by atoms with E-state index in [2.05, 4.69) is 21.2 Å². The Hall–Kier alpha value is -1.67. The number of nitrogens with two attached hydrogens (primary N) is 1. The summed E-state index contributed by atoms with van der Waals surface area (Å²) in [5.74, 6) is -0.0141. The SMILES string of the molecule is CNC1(C(N)=O)CCC(Oc2cccc([N+](=O)[O-])c2Br)C1. The third kappa shape index (κ3) is 3.01. The van der Waals surface area contributed by atoms with Crippen LogP contribution in [-0.4, -0.2) is 29.5 Å². The molecule has 0 aliphatic heterocycles. The number of likely N-dealkylation sites (N-methyl/N-ethyl adjacent to an activating group) is 1. The van der Waals surface area contributed by atoms with Crippen molar-refractivity contribution in [3.8, 4) is 5.75 Å². The zero-order valence-electron chi connectivity index (χ0n) is 11.5. The van der Waals surface area contributed by atoms with Gasteiger partial charge in [0.05, 0.1) is 4.92 Å². The standard InChI is InChI=1S/C13H16BrN3O4/c1-16-13(12(15)18)6-5-8(7-13)21-10-4-2-3-9(11(10)14)17(19)20/h2-4,8,16H,5-7H2,1H3,(H2,15,18). The molecule has 0 aromatic heterocycles. The van der Waals surface area contributed by atoms with Crippen molar-refractivity contribution < 1.29 is 14.5 Å². The Bertz CT molecular complexity index is 581. The zero-order chi connectivity index (χ0) is 15.6. The predicted molar refractivity (Wildman–Crippen MR) is 80.0 cm³/mol. The zero-order valence-corrected chi connectivity index (χ0v) is 13.1. The first-order chi connectivity index (χ1) is 9.89. The molecule has 1 fully saturated rings. The average molecular weight is 358 g/mol. The summed E-state index contributed by atoms with van der Waals surface area (Å²) in [7, 11) is 1.69. The summed E-state index contributed by atoms with van der Waals surface area (Å²) in [6.45, 7) is 0. The van der Waals surface area contributed by atoms with Gasteiger partial charge in [0.2, 0.25) is 5.91 Å². The molecule has 0 bridgehead atoms. The number of primary amides is 1. The van der Waals surface area contributed by atoms with Gasteiger partial charge in [0.25, 0.3) is 5.69 Å². The summed E-state index contributed by atoms with van der Waals surface area (Å²) in [5, 5.41) is 13.9. The van der Waals surface area contributed by atoms with Crippen LogP contribution in [0.25, 0.3) is 0 Å². The Labute approximate surface area is 130 Å². The molecule has 114 valence electrons. The Balaban J connectivity index is 2.16. The molecular formula is C13H16BrN3O4. The van der Waals surface area contributed by atoms with Gasteiger partial charge < -0.3 is 15.8 Å². The summed E-state index contributed by atoms with van der Waals surface area (Å²) in [6.07, 6.45) is 1.45. The van der Waals surface area contributed by atoms with Gasteiger partial charge in [0.15, 0.2) is 0 Å². The minimum absolute atomic E-state index is 0.0553. The Kier molecular flexibility index (Phi) is 4.48. The maximum atomic E-state index is 11.6. The van der Waals surface area contributed by atoms with Crippen molar-refractivity contribution in [2.75, 3.05) is 7.05 Å². The van der Waals surface area contributed by atoms with Crippen molar-refractivity contribution in [2.24, 2.45) is 5.73 Å². The van der Waals surface area contributed by atoms with Crippen molar-refractivity contribution in [1.82, 2.24) is 5.32 Å². The highest BCUT2D eigenvalue weighted by atomic mass is 79.9. The monoisotopic (exact) mass is 357 g/mol. The van der Waals surface area contributed by atoms with Gasteiger partial charge >= 0.3 is 0 Å². The highest BCUT2D eigenvalue weighted by Gasteiger charge is 2.44. The van der Waals surface area contributed by atoms with Crippen LogP contribution in [0.4, 0.5) is 5.69 Å². The number of nitro benzene ring substituents is 1. The van der Waals surface area contributed by atoms with E-state index in [1.165, 1.54) is 6.07 Å². The van der Waals surface area contributed by atoms with E-state index in [-0.39, 0.29) is 11.8 Å². The number of amides is 1. The maximum absolute atomic E-state index is 11.6. The number of rotatable bonds is 5. The lowest BCUT2D eigenvalue weighted by molar-refractivity contribution is -0.385. The number of nitro groups is 1. The quantitative estimate of drug-likeness (QED) is 0.616. The maximum Gasteiger partial charge on any atom is 0.287 e. The summed E-state index contributed by atoms with van der Waals surface area (Å²) in [4.78, 5) is 22.0. The fourth-order valence-electron chi connectivity index (χ4n) is 2.59. The number of halogens is 1. The molecule has 1 amide bonds. The number of hydrogen-bond acceptors (Lipinski definition) is 5. The Morgan fingerprint density at radius 2 is 2.33 bits per heavy atom. The van der Waals surface area contributed by atoms with Crippen LogP contribution in [0.2, 0.25) is 0 Å². The van der Waals surface area contributed by atoms with Crippen LogP contribution in [-0.2, 0) is 4.79 Å². The molecule has 1 aromatic carbocycles. The second-order valence-electron chi connectivity index (χ2n) is 5.03. The summed E-state index contributed by atoms with van der Waals surface area (Å²) in [5.41, 5.74) is 4.62. The molecule has 1 aromatic rings. The highest BCUT2D eigenvalue weighted by molar-refractivity contribution is 9.10. The van der Waals surface area contributed by atoms with Crippen LogP contribution in [0.5, 0.6) is 5.75 Å². The molecule has 1 saturated carbocycles. The Morgan fingerprint density at radius 3 is 2.86 bits per heavy atom. The van der Waals surface area contributed by atoms with E-state index in [9.17, 15) is 14.9 Å². The molecule has 2 atom stereocenters. The van der Waals surface area contributed by atoms with Crippen LogP contribution < -0.4 is 15.8 Å². The van der Waals surface area contributed by atoms with Crippen molar-refractivity contribution in [1.29, 1.82) is 0 Å². The number of benzene rings is 1. The van der Waals surface area contributed by atoms with Crippen LogP contribution in [0.1, 0.15) is 19.3 Å². The molecule has 0 saturated heterocycles. The van der Waals surface area contributed by atoms with Crippen molar-refractivity contribution >= 4 is 27.5 Å². The molecule has 0 heterocycles. The minimum atomic E-state index is -0.766. The van der Waals surface area contributed by atoms with Gasteiger partial charge in [-0.15, -0.1) is 0 Å². The third-order valence-electron chi connectivity index (χ3n) is 3.85. The number of hydrogen-bond donors (Lipinski definition) is 2. The molecule has 3 N–H and O–H groups in total. The lowest BCUT2D eigenvalue weighted by Crippen LogP contribution is -2.52. The van der Waals surface area contributed by atoms with Crippen LogP contribution >= 0.6 is 15.9 Å². The smallest absolute Gasteiger partial charge is 0.287 e. The van der Waals surface area contributed by atoms with Gasteiger partial charge in [0, 0.05) is 12.5 Å². The van der Waals surface area contributed by atoms with Crippen molar-refractivity contribution in [2.45, 2.75) is 30.9 Å². The second kappa shape index (κ2) is 5.98. The minimum Gasteiger partial charge on any atom is -0.489 e. The highest BCUT2D eigenvalue weighted by Crippen LogP contribution is 2.38. The number of ether oxygens (including phenoxy) is 1. The van der Waals surface area contributed by atoms with E-state index in [4.69, 9.17) is 10.5 Å². The number of carbonyl (C=O) groups excluding carboxylic acids is 1. The molecular weight excluding hydrogens is 342 g/mol. The molecule has 8 heteroatoms. The van der Waals surface area contributed by atoms with Crippen molar-refractivity contribution in [3.63, 3.8) is 0 Å². The predicted octanol–water partition coefficient (Wildman–Crippen LogP) is 1.73. The van der Waals surface area contributed by atoms with Crippen molar-refractivity contribution in [3.05, 3.63) is 32.8 Å². The molecule has 2 rings (SSSR count). The van der Waals surface area contributed by atoms with E-state index in [1.807, 2.05) is 0 Å². The van der Waals surface area contributed by atoms with Gasteiger partial charge in [0.1, 0.15) is 21.9 Å². The average Bonchev–Trinajstić information content (AvgIpc) is 2.85. The Morgan fingerprint density at radius 1 is 1.62 bits per heavy atom. The van der Waals surface area contributed by atoms with Gasteiger partial charge in [-0.25, -0.2) is 0 Å². The number of carbonyl (C=O) groups is 1. The van der Waals surface area contributed by atoms with Gasteiger partial charge in [-0.05, 0) is 41.9 Å².